The molecule has 27 heavy (non-hydrogen) atoms. The molecule has 0 fully saturated rings. The van der Waals surface area contributed by atoms with Gasteiger partial charge in [0.25, 0.3) is 0 Å². The van der Waals surface area contributed by atoms with Crippen molar-refractivity contribution < 1.29 is 13.9 Å². The van der Waals surface area contributed by atoms with E-state index in [2.05, 4.69) is 5.10 Å². The summed E-state index contributed by atoms with van der Waals surface area (Å²) in [4.78, 5) is 12.4. The lowest BCUT2D eigenvalue weighted by molar-refractivity contribution is 0.104. The van der Waals surface area contributed by atoms with Gasteiger partial charge in [0.15, 0.2) is 11.5 Å². The highest BCUT2D eigenvalue weighted by atomic mass is 35.5. The third-order valence-corrected chi connectivity index (χ3v) is 4.71. The molecule has 0 radical (unpaired) electrons. The molecule has 0 aliphatic rings. The summed E-state index contributed by atoms with van der Waals surface area (Å²) in [6, 6.07) is 8.69. The Balaban J connectivity index is 1.67. The molecule has 0 saturated heterocycles. The molecule has 0 unspecified atom stereocenters. The molecular formula is C20H18Cl2N2O3. The van der Waals surface area contributed by atoms with E-state index >= 15 is 0 Å². The van der Waals surface area contributed by atoms with Crippen molar-refractivity contribution in [1.29, 1.82) is 0 Å². The summed E-state index contributed by atoms with van der Waals surface area (Å²) in [6.45, 7) is 3.85. The summed E-state index contributed by atoms with van der Waals surface area (Å²) in [7, 11) is 1.81. The van der Waals surface area contributed by atoms with Crippen molar-refractivity contribution in [1.82, 2.24) is 9.78 Å². The molecule has 0 atom stereocenters. The Morgan fingerprint density at radius 1 is 1.22 bits per heavy atom. The molecule has 0 aliphatic heterocycles. The number of rotatable bonds is 6. The van der Waals surface area contributed by atoms with E-state index in [9.17, 15) is 4.79 Å². The average molecular weight is 405 g/mol. The standard InChI is InChI=1S/C20H18Cl2N2O3/c1-12-19(13(2)24(3)23-12)18(25)10-9-14-7-8-15(27-14)11-26-20-16(21)5-4-6-17(20)22/h4-10H,11H2,1-3H3/b10-9+. The molecule has 5 nitrogen and oxygen atoms in total. The second kappa shape index (κ2) is 8.03. The maximum atomic E-state index is 12.4. The molecule has 7 heteroatoms. The van der Waals surface area contributed by atoms with Crippen LogP contribution in [0, 0.1) is 13.8 Å². The van der Waals surface area contributed by atoms with Crippen LogP contribution in [0.25, 0.3) is 6.08 Å². The Morgan fingerprint density at radius 3 is 2.56 bits per heavy atom. The number of nitrogens with zero attached hydrogens (tertiary/aromatic N) is 2. The van der Waals surface area contributed by atoms with Crippen molar-refractivity contribution in [3.05, 3.63) is 74.9 Å². The first-order valence-corrected chi connectivity index (χ1v) is 9.00. The highest BCUT2D eigenvalue weighted by molar-refractivity contribution is 6.37. The molecule has 0 saturated carbocycles. The minimum absolute atomic E-state index is 0.116. The lowest BCUT2D eigenvalue weighted by Crippen LogP contribution is -1.99. The van der Waals surface area contributed by atoms with E-state index in [0.717, 1.165) is 5.69 Å². The van der Waals surface area contributed by atoms with E-state index in [1.165, 1.54) is 6.08 Å². The molecule has 3 rings (SSSR count). The van der Waals surface area contributed by atoms with Gasteiger partial charge in [-0.3, -0.25) is 9.48 Å². The van der Waals surface area contributed by atoms with Crippen LogP contribution < -0.4 is 4.74 Å². The van der Waals surface area contributed by atoms with Crippen molar-refractivity contribution in [2.45, 2.75) is 20.5 Å². The number of hydrogen-bond donors (Lipinski definition) is 0. The zero-order valence-electron chi connectivity index (χ0n) is 15.1. The average Bonchev–Trinajstić information content (AvgIpc) is 3.17. The van der Waals surface area contributed by atoms with Crippen LogP contribution in [-0.4, -0.2) is 15.6 Å². The minimum Gasteiger partial charge on any atom is -0.483 e. The quantitative estimate of drug-likeness (QED) is 0.406. The molecule has 0 N–H and O–H groups in total. The lowest BCUT2D eigenvalue weighted by Gasteiger charge is -2.07. The summed E-state index contributed by atoms with van der Waals surface area (Å²) < 4.78 is 13.0. The molecule has 0 amide bonds. The number of para-hydroxylation sites is 1. The van der Waals surface area contributed by atoms with Crippen molar-refractivity contribution in [3.63, 3.8) is 0 Å². The third-order valence-electron chi connectivity index (χ3n) is 4.11. The second-order valence-corrected chi connectivity index (χ2v) is 6.82. The maximum Gasteiger partial charge on any atom is 0.189 e. The van der Waals surface area contributed by atoms with Gasteiger partial charge < -0.3 is 9.15 Å². The van der Waals surface area contributed by atoms with Crippen molar-refractivity contribution in [2.75, 3.05) is 0 Å². The highest BCUT2D eigenvalue weighted by Crippen LogP contribution is 2.33. The number of carbonyl (C=O) groups is 1. The van der Waals surface area contributed by atoms with Crippen molar-refractivity contribution in [2.24, 2.45) is 7.05 Å². The number of aromatic nitrogens is 2. The number of aryl methyl sites for hydroxylation is 2. The lowest BCUT2D eigenvalue weighted by atomic mass is 10.1. The molecule has 1 aromatic carbocycles. The fraction of sp³-hybridized carbons (Fsp3) is 0.200. The monoisotopic (exact) mass is 404 g/mol. The van der Waals surface area contributed by atoms with Crippen molar-refractivity contribution >= 4 is 35.1 Å². The summed E-state index contributed by atoms with van der Waals surface area (Å²) in [5.74, 6) is 1.43. The number of carbonyl (C=O) groups excluding carboxylic acids is 1. The van der Waals surface area contributed by atoms with Gasteiger partial charge in [-0.15, -0.1) is 0 Å². The smallest absolute Gasteiger partial charge is 0.189 e. The highest BCUT2D eigenvalue weighted by Gasteiger charge is 2.15. The molecule has 0 bridgehead atoms. The summed E-state index contributed by atoms with van der Waals surface area (Å²) in [5, 5.41) is 5.12. The zero-order valence-corrected chi connectivity index (χ0v) is 16.6. The Labute approximate surface area is 167 Å². The molecule has 2 heterocycles. The molecular weight excluding hydrogens is 387 g/mol. The number of benzene rings is 1. The number of ether oxygens (including phenoxy) is 1. The predicted molar refractivity (Wildman–Crippen MR) is 106 cm³/mol. The van der Waals surface area contributed by atoms with Gasteiger partial charge in [-0.05, 0) is 50.3 Å². The van der Waals surface area contributed by atoms with Crippen LogP contribution in [-0.2, 0) is 13.7 Å². The van der Waals surface area contributed by atoms with Crippen LogP contribution in [0.3, 0.4) is 0 Å². The first kappa shape index (κ1) is 19.3. The van der Waals surface area contributed by atoms with E-state index in [-0.39, 0.29) is 12.4 Å². The SMILES string of the molecule is Cc1nn(C)c(C)c1C(=O)/C=C/c1ccc(COc2c(Cl)cccc2Cl)o1. The van der Waals surface area contributed by atoms with E-state index in [1.54, 1.807) is 41.1 Å². The third kappa shape index (κ3) is 4.26. The van der Waals surface area contributed by atoms with E-state index < -0.39 is 0 Å². The number of hydrogen-bond acceptors (Lipinski definition) is 4. The van der Waals surface area contributed by atoms with Gasteiger partial charge in [-0.1, -0.05) is 29.3 Å². The summed E-state index contributed by atoms with van der Waals surface area (Å²) in [6.07, 6.45) is 3.10. The molecule has 140 valence electrons. The summed E-state index contributed by atoms with van der Waals surface area (Å²) >= 11 is 12.2. The van der Waals surface area contributed by atoms with Gasteiger partial charge in [0.2, 0.25) is 0 Å². The van der Waals surface area contributed by atoms with E-state index in [4.69, 9.17) is 32.4 Å². The van der Waals surface area contributed by atoms with Crippen molar-refractivity contribution in [3.8, 4) is 5.75 Å². The number of ketones is 1. The van der Waals surface area contributed by atoms with Gasteiger partial charge >= 0.3 is 0 Å². The number of halogens is 2. The van der Waals surface area contributed by atoms with E-state index in [1.807, 2.05) is 20.9 Å². The van der Waals surface area contributed by atoms with Crippen LogP contribution in [0.5, 0.6) is 5.75 Å². The fourth-order valence-corrected chi connectivity index (χ4v) is 3.20. The first-order valence-electron chi connectivity index (χ1n) is 8.25. The predicted octanol–water partition coefficient (Wildman–Crippen LogP) is 5.41. The van der Waals surface area contributed by atoms with Crippen LogP contribution >= 0.6 is 23.2 Å². The largest absolute Gasteiger partial charge is 0.483 e. The van der Waals surface area contributed by atoms with Crippen LogP contribution in [0.15, 0.2) is 40.8 Å². The van der Waals surface area contributed by atoms with Gasteiger partial charge in [-0.2, -0.15) is 5.10 Å². The second-order valence-electron chi connectivity index (χ2n) is 6.01. The fourth-order valence-electron chi connectivity index (χ4n) is 2.70. The van der Waals surface area contributed by atoms with Gasteiger partial charge in [0.05, 0.1) is 21.3 Å². The van der Waals surface area contributed by atoms with Crippen LogP contribution in [0.1, 0.15) is 33.3 Å². The number of furan rings is 1. The molecule has 0 spiro atoms. The first-order chi connectivity index (χ1) is 12.9. The van der Waals surface area contributed by atoms with E-state index in [0.29, 0.717) is 38.6 Å². The van der Waals surface area contributed by atoms with Gasteiger partial charge in [0, 0.05) is 12.7 Å². The Kier molecular flexibility index (Phi) is 5.73. The minimum atomic E-state index is -0.116. The topological polar surface area (TPSA) is 57.3 Å². The Hall–Kier alpha value is -2.50. The molecule has 2 aromatic heterocycles. The Morgan fingerprint density at radius 2 is 1.93 bits per heavy atom. The van der Waals surface area contributed by atoms with Gasteiger partial charge in [0.1, 0.15) is 18.1 Å². The Bertz CT molecular complexity index is 998. The summed E-state index contributed by atoms with van der Waals surface area (Å²) in [5.41, 5.74) is 2.14. The number of allylic oxidation sites excluding steroid dienone is 1. The normalized spacial score (nSPS) is 11.3. The molecule has 0 aliphatic carbocycles. The van der Waals surface area contributed by atoms with Gasteiger partial charge in [-0.25, -0.2) is 0 Å². The molecule has 3 aromatic rings. The van der Waals surface area contributed by atoms with Crippen LogP contribution in [0.2, 0.25) is 10.0 Å². The van der Waals surface area contributed by atoms with Crippen LogP contribution in [0.4, 0.5) is 0 Å². The zero-order chi connectivity index (χ0) is 19.6. The maximum absolute atomic E-state index is 12.4.